The first kappa shape index (κ1) is 19.2. The number of Topliss-reactive ketones (excluding diaryl/α,β-unsaturated/α-hetero) is 2. The van der Waals surface area contributed by atoms with Gasteiger partial charge >= 0.3 is 0 Å². The van der Waals surface area contributed by atoms with Gasteiger partial charge < -0.3 is 15.8 Å². The molecule has 0 rings (SSSR count). The molecule has 3 unspecified atom stereocenters. The number of carbonyl (C=O) groups is 2. The molecular weight excluding hydrogens is 256 g/mol. The molecule has 0 aliphatic carbocycles. The van der Waals surface area contributed by atoms with Crippen molar-refractivity contribution in [3.8, 4) is 0 Å². The Morgan fingerprint density at radius 1 is 1.25 bits per heavy atom. The minimum Gasteiger partial charge on any atom is -0.357 e. The molecule has 5 nitrogen and oxygen atoms in total. The average molecular weight is 286 g/mol. The van der Waals surface area contributed by atoms with Crippen molar-refractivity contribution in [3.05, 3.63) is 0 Å². The zero-order valence-corrected chi connectivity index (χ0v) is 13.7. The third-order valence-electron chi connectivity index (χ3n) is 4.14. The molecule has 3 atom stereocenters. The molecule has 3 N–H and O–H groups in total. The summed E-state index contributed by atoms with van der Waals surface area (Å²) in [5, 5.41) is 3.17. The van der Waals surface area contributed by atoms with E-state index in [1.807, 2.05) is 20.8 Å². The summed E-state index contributed by atoms with van der Waals surface area (Å²) in [5.41, 5.74) is 3.90. The van der Waals surface area contributed by atoms with E-state index in [9.17, 15) is 9.59 Å². The van der Waals surface area contributed by atoms with Gasteiger partial charge in [0.15, 0.2) is 11.6 Å². The van der Waals surface area contributed by atoms with Crippen LogP contribution < -0.4 is 11.1 Å². The number of carbonyl (C=O) groups excluding carboxylic acids is 2. The average Bonchev–Trinajstić information content (AvgIpc) is 2.43. The number of ether oxygens (including phenoxy) is 1. The zero-order valence-electron chi connectivity index (χ0n) is 13.7. The summed E-state index contributed by atoms with van der Waals surface area (Å²) >= 11 is 0. The fraction of sp³-hybridized carbons (Fsp3) is 0.867. The van der Waals surface area contributed by atoms with Crippen LogP contribution in [0, 0.1) is 0 Å². The number of ketones is 2. The molecule has 0 saturated heterocycles. The van der Waals surface area contributed by atoms with Crippen LogP contribution in [0.3, 0.4) is 0 Å². The van der Waals surface area contributed by atoms with Crippen molar-refractivity contribution in [2.45, 2.75) is 71.6 Å². The summed E-state index contributed by atoms with van der Waals surface area (Å²) in [7, 11) is 0. The van der Waals surface area contributed by atoms with Crippen LogP contribution in [0.15, 0.2) is 0 Å². The maximum Gasteiger partial charge on any atom is 0.180 e. The Morgan fingerprint density at radius 3 is 2.15 bits per heavy atom. The van der Waals surface area contributed by atoms with Gasteiger partial charge in [0.1, 0.15) is 11.7 Å². The first-order valence-corrected chi connectivity index (χ1v) is 7.35. The van der Waals surface area contributed by atoms with Crippen LogP contribution in [0.2, 0.25) is 0 Å². The van der Waals surface area contributed by atoms with E-state index in [0.717, 1.165) is 0 Å². The quantitative estimate of drug-likeness (QED) is 0.635. The van der Waals surface area contributed by atoms with Crippen molar-refractivity contribution in [2.24, 2.45) is 5.73 Å². The summed E-state index contributed by atoms with van der Waals surface area (Å²) in [4.78, 5) is 24.3. The van der Waals surface area contributed by atoms with Crippen molar-refractivity contribution >= 4 is 11.6 Å². The van der Waals surface area contributed by atoms with Gasteiger partial charge in [-0.2, -0.15) is 0 Å². The number of rotatable bonds is 10. The molecule has 0 aromatic carbocycles. The Hall–Kier alpha value is -0.780. The van der Waals surface area contributed by atoms with Crippen LogP contribution in [0.5, 0.6) is 0 Å². The molecule has 0 bridgehead atoms. The number of nitrogens with one attached hydrogen (secondary N) is 1. The highest BCUT2D eigenvalue weighted by Gasteiger charge is 2.39. The Balaban J connectivity index is 4.95. The van der Waals surface area contributed by atoms with Crippen LogP contribution in [0.1, 0.15) is 54.4 Å². The predicted octanol–water partition coefficient (Wildman–Crippen LogP) is 1.44. The molecule has 0 heterocycles. The minimum absolute atomic E-state index is 0.0469. The van der Waals surface area contributed by atoms with Gasteiger partial charge in [-0.05, 0) is 40.5 Å². The summed E-state index contributed by atoms with van der Waals surface area (Å²) in [5.74, 6) is -0.109. The van der Waals surface area contributed by atoms with E-state index in [-0.39, 0.29) is 11.6 Å². The summed E-state index contributed by atoms with van der Waals surface area (Å²) in [6, 6.07) is 0. The summed E-state index contributed by atoms with van der Waals surface area (Å²) in [6.07, 6.45) is 0.542. The predicted molar refractivity (Wildman–Crippen MR) is 80.7 cm³/mol. The highest BCUT2D eigenvalue weighted by atomic mass is 16.5. The lowest BCUT2D eigenvalue weighted by Gasteiger charge is -2.35. The third-order valence-corrected chi connectivity index (χ3v) is 4.14. The second-order valence-electron chi connectivity index (χ2n) is 5.67. The van der Waals surface area contributed by atoms with Crippen molar-refractivity contribution in [2.75, 3.05) is 13.1 Å². The van der Waals surface area contributed by atoms with E-state index >= 15 is 0 Å². The highest BCUT2D eigenvalue weighted by molar-refractivity contribution is 5.92. The lowest BCUT2D eigenvalue weighted by Crippen LogP contribution is -2.56. The van der Waals surface area contributed by atoms with Gasteiger partial charge in [-0.15, -0.1) is 0 Å². The lowest BCUT2D eigenvalue weighted by atomic mass is 9.89. The fourth-order valence-electron chi connectivity index (χ4n) is 2.04. The molecule has 0 aliphatic rings. The van der Waals surface area contributed by atoms with Crippen molar-refractivity contribution in [1.29, 1.82) is 0 Å². The van der Waals surface area contributed by atoms with Crippen molar-refractivity contribution in [1.82, 2.24) is 5.32 Å². The first-order valence-electron chi connectivity index (χ1n) is 7.35. The molecule has 0 aliphatic heterocycles. The molecule has 0 saturated carbocycles. The minimum atomic E-state index is -0.905. The molecule has 0 radical (unpaired) electrons. The van der Waals surface area contributed by atoms with Crippen LogP contribution in [-0.4, -0.2) is 41.9 Å². The second-order valence-corrected chi connectivity index (χ2v) is 5.67. The number of hydrogen-bond acceptors (Lipinski definition) is 5. The van der Waals surface area contributed by atoms with Gasteiger partial charge in [0.2, 0.25) is 0 Å². The van der Waals surface area contributed by atoms with Gasteiger partial charge in [-0.25, -0.2) is 0 Å². The van der Waals surface area contributed by atoms with Crippen LogP contribution in [0.4, 0.5) is 0 Å². The third kappa shape index (κ3) is 4.65. The zero-order chi connectivity index (χ0) is 16.0. The van der Waals surface area contributed by atoms with Crippen molar-refractivity contribution < 1.29 is 14.3 Å². The molecule has 0 fully saturated rings. The van der Waals surface area contributed by atoms with E-state index < -0.39 is 17.2 Å². The highest BCUT2D eigenvalue weighted by Crippen LogP contribution is 2.22. The topological polar surface area (TPSA) is 81.4 Å². The standard InChI is InChI=1S/C15H30N2O3/c1-7-14(5,17-10-9-16)13(19)11(3)20-15(6,8-2)12(4)18/h11,17H,7-10,16H2,1-6H3. The first-order chi connectivity index (χ1) is 9.16. The van der Waals surface area contributed by atoms with Gasteiger partial charge in [0.05, 0.1) is 5.54 Å². The Bertz CT molecular complexity index is 346. The molecule has 5 heteroatoms. The summed E-state index contributed by atoms with van der Waals surface area (Å²) in [6.45, 7) is 11.6. The van der Waals surface area contributed by atoms with Gasteiger partial charge in [0.25, 0.3) is 0 Å². The van der Waals surface area contributed by atoms with E-state index in [1.165, 1.54) is 6.92 Å². The van der Waals surface area contributed by atoms with E-state index in [2.05, 4.69) is 5.32 Å². The molecular formula is C15H30N2O3. The van der Waals surface area contributed by atoms with Crippen molar-refractivity contribution in [3.63, 3.8) is 0 Å². The van der Waals surface area contributed by atoms with Crippen LogP contribution in [0.25, 0.3) is 0 Å². The second kappa shape index (κ2) is 7.86. The fourth-order valence-corrected chi connectivity index (χ4v) is 2.04. The lowest BCUT2D eigenvalue weighted by molar-refractivity contribution is -0.158. The maximum absolute atomic E-state index is 12.6. The van der Waals surface area contributed by atoms with E-state index in [1.54, 1.807) is 13.8 Å². The largest absolute Gasteiger partial charge is 0.357 e. The SMILES string of the molecule is CCC(C)(NCCN)C(=O)C(C)OC(C)(CC)C(C)=O. The smallest absolute Gasteiger partial charge is 0.180 e. The van der Waals surface area contributed by atoms with E-state index in [4.69, 9.17) is 10.5 Å². The van der Waals surface area contributed by atoms with Crippen LogP contribution in [-0.2, 0) is 14.3 Å². The van der Waals surface area contributed by atoms with Gasteiger partial charge in [-0.3, -0.25) is 9.59 Å². The summed E-state index contributed by atoms with van der Waals surface area (Å²) < 4.78 is 5.77. The Kier molecular flexibility index (Phi) is 7.55. The molecule has 0 amide bonds. The number of hydrogen-bond donors (Lipinski definition) is 2. The molecule has 20 heavy (non-hydrogen) atoms. The monoisotopic (exact) mass is 286 g/mol. The number of nitrogens with two attached hydrogens (primary N) is 1. The van der Waals surface area contributed by atoms with Gasteiger partial charge in [0, 0.05) is 13.1 Å². The normalized spacial score (nSPS) is 18.9. The van der Waals surface area contributed by atoms with Crippen LogP contribution >= 0.6 is 0 Å². The van der Waals surface area contributed by atoms with Gasteiger partial charge in [-0.1, -0.05) is 13.8 Å². The molecule has 0 spiro atoms. The molecule has 0 aromatic heterocycles. The Morgan fingerprint density at radius 2 is 1.80 bits per heavy atom. The molecule has 118 valence electrons. The molecule has 0 aromatic rings. The maximum atomic E-state index is 12.6. The van der Waals surface area contributed by atoms with E-state index in [0.29, 0.717) is 25.9 Å². The Labute approximate surface area is 122 Å².